The zero-order chi connectivity index (χ0) is 18.9. The molecular weight excluding hydrogens is 350 g/mol. The molecule has 0 atom stereocenters. The Labute approximate surface area is 155 Å². The van der Waals surface area contributed by atoms with Crippen LogP contribution in [0.1, 0.15) is 12.2 Å². The lowest BCUT2D eigenvalue weighted by Crippen LogP contribution is -2.36. The maximum atomic E-state index is 11.9. The zero-order valence-electron chi connectivity index (χ0n) is 14.5. The van der Waals surface area contributed by atoms with Crippen molar-refractivity contribution in [1.29, 1.82) is 0 Å². The molecule has 3 rings (SSSR count). The van der Waals surface area contributed by atoms with Gasteiger partial charge in [-0.3, -0.25) is 9.59 Å². The first-order valence-electron chi connectivity index (χ1n) is 8.37. The van der Waals surface area contributed by atoms with Crippen LogP contribution in [0.5, 0.6) is 0 Å². The molecule has 0 fully saturated rings. The number of benzene rings is 1. The van der Waals surface area contributed by atoms with Crippen molar-refractivity contribution in [3.8, 4) is 5.69 Å². The van der Waals surface area contributed by atoms with Crippen LogP contribution in [-0.2, 0) is 20.9 Å². The van der Waals surface area contributed by atoms with Crippen LogP contribution in [0.25, 0.3) is 5.69 Å². The molecule has 0 spiro atoms. The Morgan fingerprint density at radius 1 is 1.15 bits per heavy atom. The van der Waals surface area contributed by atoms with Gasteiger partial charge in [-0.1, -0.05) is 0 Å². The van der Waals surface area contributed by atoms with Crippen LogP contribution in [0.15, 0.2) is 59.7 Å². The van der Waals surface area contributed by atoms with Gasteiger partial charge in [-0.15, -0.1) is 0 Å². The summed E-state index contributed by atoms with van der Waals surface area (Å²) < 4.78 is 12.1. The monoisotopic (exact) mass is 369 g/mol. The van der Waals surface area contributed by atoms with E-state index in [2.05, 4.69) is 20.7 Å². The molecule has 1 aromatic carbocycles. The Balaban J connectivity index is 1.34. The highest BCUT2D eigenvalue weighted by molar-refractivity contribution is 6.39. The van der Waals surface area contributed by atoms with Crippen molar-refractivity contribution in [2.75, 3.05) is 18.5 Å². The molecule has 0 aliphatic rings. The second-order valence-electron chi connectivity index (χ2n) is 5.58. The van der Waals surface area contributed by atoms with Gasteiger partial charge in [-0.2, -0.15) is 5.10 Å². The molecule has 3 aromatic rings. The molecule has 0 unspecified atom stereocenters. The van der Waals surface area contributed by atoms with Crippen LogP contribution in [0, 0.1) is 0 Å². The zero-order valence-corrected chi connectivity index (χ0v) is 14.5. The second-order valence-corrected chi connectivity index (χ2v) is 5.58. The number of rotatable bonds is 8. The molecule has 140 valence electrons. The number of furan rings is 1. The number of ether oxygens (including phenoxy) is 1. The van der Waals surface area contributed by atoms with E-state index in [1.54, 1.807) is 47.6 Å². The van der Waals surface area contributed by atoms with Gasteiger partial charge in [-0.05, 0) is 42.8 Å². The summed E-state index contributed by atoms with van der Waals surface area (Å²) in [6, 6.07) is 10.5. The van der Waals surface area contributed by atoms with Gasteiger partial charge in [0.1, 0.15) is 25.0 Å². The van der Waals surface area contributed by atoms with E-state index >= 15 is 0 Å². The molecule has 27 heavy (non-hydrogen) atoms. The predicted molar refractivity (Wildman–Crippen MR) is 96.0 cm³/mol. The van der Waals surface area contributed by atoms with E-state index < -0.39 is 11.8 Å². The van der Waals surface area contributed by atoms with Gasteiger partial charge < -0.3 is 19.8 Å². The molecule has 0 saturated heterocycles. The fraction of sp³-hybridized carbons (Fsp3) is 0.222. The Bertz CT molecular complexity index is 845. The van der Waals surface area contributed by atoms with Crippen molar-refractivity contribution in [1.82, 2.24) is 20.1 Å². The maximum absolute atomic E-state index is 11.9. The first-order chi connectivity index (χ1) is 13.2. The van der Waals surface area contributed by atoms with Crippen molar-refractivity contribution in [3.63, 3.8) is 0 Å². The van der Waals surface area contributed by atoms with Crippen LogP contribution >= 0.6 is 0 Å². The quantitative estimate of drug-likeness (QED) is 0.460. The van der Waals surface area contributed by atoms with Crippen molar-refractivity contribution in [2.24, 2.45) is 0 Å². The summed E-state index contributed by atoms with van der Waals surface area (Å²) in [5, 5.41) is 9.11. The number of hydrogen-bond donors (Lipinski definition) is 2. The summed E-state index contributed by atoms with van der Waals surface area (Å²) in [5.41, 5.74) is 1.31. The third-order valence-corrected chi connectivity index (χ3v) is 3.59. The summed E-state index contributed by atoms with van der Waals surface area (Å²) in [6.45, 7) is 1.17. The lowest BCUT2D eigenvalue weighted by Gasteiger charge is -2.07. The molecule has 0 radical (unpaired) electrons. The fourth-order valence-electron chi connectivity index (χ4n) is 2.25. The van der Waals surface area contributed by atoms with Crippen LogP contribution < -0.4 is 10.6 Å². The van der Waals surface area contributed by atoms with E-state index in [1.165, 1.54) is 6.33 Å². The van der Waals surface area contributed by atoms with E-state index in [4.69, 9.17) is 9.15 Å². The molecule has 0 saturated carbocycles. The normalized spacial score (nSPS) is 10.5. The minimum Gasteiger partial charge on any atom is -0.467 e. The van der Waals surface area contributed by atoms with Crippen molar-refractivity contribution in [2.45, 2.75) is 13.0 Å². The molecule has 9 heteroatoms. The standard InChI is InChI=1S/C18H19N5O4/c24-17(20-8-2-9-26-11-16-3-1-10-27-16)18(25)22-14-4-6-15(7-5-14)23-13-19-12-21-23/h1,3-7,10,12-13H,2,8-9,11H2,(H,20,24)(H,22,25). The lowest BCUT2D eigenvalue weighted by atomic mass is 10.3. The van der Waals surface area contributed by atoms with Gasteiger partial charge in [0.25, 0.3) is 0 Å². The summed E-state index contributed by atoms with van der Waals surface area (Å²) in [5.74, 6) is -0.672. The van der Waals surface area contributed by atoms with Crippen LogP contribution in [0.2, 0.25) is 0 Å². The molecule has 2 aromatic heterocycles. The lowest BCUT2D eigenvalue weighted by molar-refractivity contribution is -0.136. The van der Waals surface area contributed by atoms with Crippen LogP contribution in [0.3, 0.4) is 0 Å². The topological polar surface area (TPSA) is 111 Å². The Hall–Kier alpha value is -3.46. The first-order valence-corrected chi connectivity index (χ1v) is 8.37. The van der Waals surface area contributed by atoms with Crippen LogP contribution in [0.4, 0.5) is 5.69 Å². The Morgan fingerprint density at radius 2 is 2.00 bits per heavy atom. The predicted octanol–water partition coefficient (Wildman–Crippen LogP) is 1.52. The van der Waals surface area contributed by atoms with Crippen molar-refractivity contribution < 1.29 is 18.7 Å². The third kappa shape index (κ3) is 5.51. The van der Waals surface area contributed by atoms with E-state index in [0.717, 1.165) is 11.4 Å². The number of amides is 2. The SMILES string of the molecule is O=C(NCCCOCc1ccco1)C(=O)Nc1ccc(-n2cncn2)cc1. The number of hydrogen-bond acceptors (Lipinski definition) is 6. The highest BCUT2D eigenvalue weighted by Gasteiger charge is 2.13. The molecule has 2 amide bonds. The highest BCUT2D eigenvalue weighted by atomic mass is 16.5. The number of nitrogens with zero attached hydrogens (tertiary/aromatic N) is 3. The molecule has 0 aliphatic heterocycles. The third-order valence-electron chi connectivity index (χ3n) is 3.59. The molecule has 0 bridgehead atoms. The van der Waals surface area contributed by atoms with Crippen LogP contribution in [-0.4, -0.2) is 39.7 Å². The minimum absolute atomic E-state index is 0.343. The van der Waals surface area contributed by atoms with E-state index in [-0.39, 0.29) is 0 Å². The number of aromatic nitrogens is 3. The smallest absolute Gasteiger partial charge is 0.313 e. The van der Waals surface area contributed by atoms with Gasteiger partial charge in [0.05, 0.1) is 12.0 Å². The molecular formula is C18H19N5O4. The second kappa shape index (κ2) is 9.30. The highest BCUT2D eigenvalue weighted by Crippen LogP contribution is 2.12. The fourth-order valence-corrected chi connectivity index (χ4v) is 2.25. The largest absolute Gasteiger partial charge is 0.467 e. The number of carbonyl (C=O) groups is 2. The number of anilines is 1. The summed E-state index contributed by atoms with van der Waals surface area (Å²) in [6.07, 6.45) is 5.17. The van der Waals surface area contributed by atoms with Gasteiger partial charge in [0.15, 0.2) is 0 Å². The van der Waals surface area contributed by atoms with Gasteiger partial charge >= 0.3 is 11.8 Å². The summed E-state index contributed by atoms with van der Waals surface area (Å²) in [7, 11) is 0. The average molecular weight is 369 g/mol. The molecule has 2 N–H and O–H groups in total. The van der Waals surface area contributed by atoms with Crippen molar-refractivity contribution >= 4 is 17.5 Å². The summed E-state index contributed by atoms with van der Waals surface area (Å²) >= 11 is 0. The van der Waals surface area contributed by atoms with Crippen molar-refractivity contribution in [3.05, 3.63) is 61.1 Å². The first kappa shape index (κ1) is 18.3. The molecule has 2 heterocycles. The van der Waals surface area contributed by atoms with E-state index in [0.29, 0.717) is 31.9 Å². The van der Waals surface area contributed by atoms with Gasteiger partial charge in [-0.25, -0.2) is 9.67 Å². The number of nitrogens with one attached hydrogen (secondary N) is 2. The van der Waals surface area contributed by atoms with Gasteiger partial charge in [0, 0.05) is 18.8 Å². The Kier molecular flexibility index (Phi) is 6.31. The average Bonchev–Trinajstić information content (AvgIpc) is 3.39. The maximum Gasteiger partial charge on any atom is 0.313 e. The van der Waals surface area contributed by atoms with Gasteiger partial charge in [0.2, 0.25) is 0 Å². The van der Waals surface area contributed by atoms with E-state index in [9.17, 15) is 9.59 Å². The number of carbonyl (C=O) groups excluding carboxylic acids is 2. The van der Waals surface area contributed by atoms with E-state index in [1.807, 2.05) is 6.07 Å². The minimum atomic E-state index is -0.722. The summed E-state index contributed by atoms with van der Waals surface area (Å²) in [4.78, 5) is 27.6. The molecule has 9 nitrogen and oxygen atoms in total. The molecule has 0 aliphatic carbocycles. The Morgan fingerprint density at radius 3 is 2.70 bits per heavy atom.